The second-order valence-corrected chi connectivity index (χ2v) is 6.52. The van der Waals surface area contributed by atoms with Crippen LogP contribution in [0.2, 0.25) is 0 Å². The molecule has 0 aromatic heterocycles. The van der Waals surface area contributed by atoms with Crippen molar-refractivity contribution in [2.24, 2.45) is 11.8 Å². The molecule has 1 aromatic carbocycles. The predicted molar refractivity (Wildman–Crippen MR) is 91.7 cm³/mol. The number of hydrogen-bond donors (Lipinski definition) is 2. The van der Waals surface area contributed by atoms with Crippen LogP contribution in [0, 0.1) is 18.8 Å². The van der Waals surface area contributed by atoms with E-state index in [1.807, 2.05) is 32.9 Å². The molecule has 0 fully saturated rings. The summed E-state index contributed by atoms with van der Waals surface area (Å²) in [6.45, 7) is 7.25. The molecule has 2 amide bonds. The SMILES string of the molecule is Cc1ccc(C(=O)NC(C(=O)N(C)CC(C)C(=O)O)C(C)C)cc1. The van der Waals surface area contributed by atoms with Gasteiger partial charge in [-0.15, -0.1) is 0 Å². The first-order valence-electron chi connectivity index (χ1n) is 7.98. The number of rotatable bonds is 7. The Morgan fingerprint density at radius 2 is 1.67 bits per heavy atom. The van der Waals surface area contributed by atoms with E-state index in [9.17, 15) is 14.4 Å². The van der Waals surface area contributed by atoms with Crippen molar-refractivity contribution in [3.8, 4) is 0 Å². The van der Waals surface area contributed by atoms with Crippen LogP contribution in [-0.4, -0.2) is 47.4 Å². The lowest BCUT2D eigenvalue weighted by molar-refractivity contribution is -0.143. The largest absolute Gasteiger partial charge is 0.481 e. The molecule has 2 atom stereocenters. The third kappa shape index (κ3) is 5.37. The predicted octanol–water partition coefficient (Wildman–Crippen LogP) is 1.93. The molecule has 0 spiro atoms. The molecule has 0 radical (unpaired) electrons. The first kappa shape index (κ1) is 19.7. The van der Waals surface area contributed by atoms with E-state index in [0.29, 0.717) is 5.56 Å². The van der Waals surface area contributed by atoms with Gasteiger partial charge in [-0.3, -0.25) is 14.4 Å². The van der Waals surface area contributed by atoms with Crippen molar-refractivity contribution >= 4 is 17.8 Å². The van der Waals surface area contributed by atoms with Crippen LogP contribution in [0.4, 0.5) is 0 Å². The summed E-state index contributed by atoms with van der Waals surface area (Å²) in [5.74, 6) is -2.35. The van der Waals surface area contributed by atoms with E-state index in [0.717, 1.165) is 5.56 Å². The Balaban J connectivity index is 2.82. The average Bonchev–Trinajstić information content (AvgIpc) is 2.51. The Bertz CT molecular complexity index is 596. The lowest BCUT2D eigenvalue weighted by atomic mass is 10.0. The molecule has 24 heavy (non-hydrogen) atoms. The maximum atomic E-state index is 12.6. The maximum Gasteiger partial charge on any atom is 0.308 e. The summed E-state index contributed by atoms with van der Waals surface area (Å²) in [5.41, 5.74) is 1.53. The van der Waals surface area contributed by atoms with Crippen molar-refractivity contribution in [1.29, 1.82) is 0 Å². The quantitative estimate of drug-likeness (QED) is 0.798. The Labute approximate surface area is 142 Å². The van der Waals surface area contributed by atoms with Gasteiger partial charge in [0, 0.05) is 19.2 Å². The van der Waals surface area contributed by atoms with Crippen molar-refractivity contribution in [3.63, 3.8) is 0 Å². The van der Waals surface area contributed by atoms with Gasteiger partial charge in [-0.1, -0.05) is 38.5 Å². The van der Waals surface area contributed by atoms with E-state index >= 15 is 0 Å². The number of carbonyl (C=O) groups is 3. The zero-order valence-corrected chi connectivity index (χ0v) is 14.9. The number of benzene rings is 1. The molecule has 2 unspecified atom stereocenters. The number of carbonyl (C=O) groups excluding carboxylic acids is 2. The first-order chi connectivity index (χ1) is 11.1. The molecule has 0 heterocycles. The number of aryl methyl sites for hydroxylation is 1. The van der Waals surface area contributed by atoms with Crippen molar-refractivity contribution < 1.29 is 19.5 Å². The Hall–Kier alpha value is -2.37. The number of hydrogen-bond acceptors (Lipinski definition) is 3. The van der Waals surface area contributed by atoms with Crippen LogP contribution in [0.5, 0.6) is 0 Å². The Morgan fingerprint density at radius 3 is 2.12 bits per heavy atom. The van der Waals surface area contributed by atoms with Crippen molar-refractivity contribution in [2.75, 3.05) is 13.6 Å². The fraction of sp³-hybridized carbons (Fsp3) is 0.500. The van der Waals surface area contributed by atoms with E-state index in [1.165, 1.54) is 4.90 Å². The second-order valence-electron chi connectivity index (χ2n) is 6.52. The van der Waals surface area contributed by atoms with Crippen LogP contribution in [0.25, 0.3) is 0 Å². The molecule has 0 aliphatic rings. The van der Waals surface area contributed by atoms with Gasteiger partial charge in [0.1, 0.15) is 6.04 Å². The molecule has 1 aromatic rings. The van der Waals surface area contributed by atoms with E-state index in [4.69, 9.17) is 5.11 Å². The molecular weight excluding hydrogens is 308 g/mol. The topological polar surface area (TPSA) is 86.7 Å². The standard InChI is InChI=1S/C18H26N2O4/c1-11(2)15(17(22)20(5)10-13(4)18(23)24)19-16(21)14-8-6-12(3)7-9-14/h6-9,11,13,15H,10H2,1-5H3,(H,19,21)(H,23,24). The van der Waals surface area contributed by atoms with E-state index < -0.39 is 17.9 Å². The zero-order chi connectivity index (χ0) is 18.4. The summed E-state index contributed by atoms with van der Waals surface area (Å²) in [6, 6.07) is 6.39. The van der Waals surface area contributed by atoms with Gasteiger partial charge in [-0.2, -0.15) is 0 Å². The summed E-state index contributed by atoms with van der Waals surface area (Å²) in [4.78, 5) is 37.2. The molecule has 1 rings (SSSR count). The van der Waals surface area contributed by atoms with Gasteiger partial charge in [0.25, 0.3) is 5.91 Å². The van der Waals surface area contributed by atoms with Crippen LogP contribution in [0.3, 0.4) is 0 Å². The highest BCUT2D eigenvalue weighted by molar-refractivity contribution is 5.97. The van der Waals surface area contributed by atoms with Gasteiger partial charge in [0.15, 0.2) is 0 Å². The van der Waals surface area contributed by atoms with Crippen LogP contribution in [0.15, 0.2) is 24.3 Å². The number of nitrogens with one attached hydrogen (secondary N) is 1. The van der Waals surface area contributed by atoms with E-state index in [-0.39, 0.29) is 24.3 Å². The van der Waals surface area contributed by atoms with Crippen molar-refractivity contribution in [1.82, 2.24) is 10.2 Å². The summed E-state index contributed by atoms with van der Waals surface area (Å²) in [5, 5.41) is 11.7. The minimum absolute atomic E-state index is 0.0950. The lowest BCUT2D eigenvalue weighted by Gasteiger charge is -2.28. The van der Waals surface area contributed by atoms with Gasteiger partial charge in [0.2, 0.25) is 5.91 Å². The molecule has 0 saturated heterocycles. The van der Waals surface area contributed by atoms with Crippen LogP contribution in [0.1, 0.15) is 36.7 Å². The molecular formula is C18H26N2O4. The first-order valence-corrected chi connectivity index (χ1v) is 7.98. The molecule has 6 heteroatoms. The molecule has 0 saturated carbocycles. The van der Waals surface area contributed by atoms with Crippen LogP contribution in [-0.2, 0) is 9.59 Å². The molecule has 2 N–H and O–H groups in total. The average molecular weight is 334 g/mol. The summed E-state index contributed by atoms with van der Waals surface area (Å²) >= 11 is 0. The van der Waals surface area contributed by atoms with Gasteiger partial charge in [-0.25, -0.2) is 0 Å². The number of nitrogens with zero attached hydrogens (tertiary/aromatic N) is 1. The summed E-state index contributed by atoms with van der Waals surface area (Å²) < 4.78 is 0. The normalized spacial score (nSPS) is 13.2. The highest BCUT2D eigenvalue weighted by atomic mass is 16.4. The number of amides is 2. The Kier molecular flexibility index (Phi) is 6.95. The summed E-state index contributed by atoms with van der Waals surface area (Å²) in [6.07, 6.45) is 0. The summed E-state index contributed by atoms with van der Waals surface area (Å²) in [7, 11) is 1.55. The van der Waals surface area contributed by atoms with Crippen LogP contribution < -0.4 is 5.32 Å². The van der Waals surface area contributed by atoms with Gasteiger partial charge < -0.3 is 15.3 Å². The third-order valence-corrected chi connectivity index (χ3v) is 3.88. The minimum Gasteiger partial charge on any atom is -0.481 e. The number of likely N-dealkylation sites (N-methyl/N-ethyl adjacent to an activating group) is 1. The highest BCUT2D eigenvalue weighted by Crippen LogP contribution is 2.10. The zero-order valence-electron chi connectivity index (χ0n) is 14.9. The molecule has 0 bridgehead atoms. The second kappa shape index (κ2) is 8.47. The molecule has 0 aliphatic carbocycles. The van der Waals surface area contributed by atoms with Gasteiger partial charge in [0.05, 0.1) is 5.92 Å². The van der Waals surface area contributed by atoms with Gasteiger partial charge in [-0.05, 0) is 25.0 Å². The van der Waals surface area contributed by atoms with E-state index in [2.05, 4.69) is 5.32 Å². The monoisotopic (exact) mass is 334 g/mol. The smallest absolute Gasteiger partial charge is 0.308 e. The van der Waals surface area contributed by atoms with Crippen molar-refractivity contribution in [2.45, 2.75) is 33.7 Å². The number of carboxylic acids is 1. The number of aliphatic carboxylic acids is 1. The van der Waals surface area contributed by atoms with Crippen LogP contribution >= 0.6 is 0 Å². The molecule has 132 valence electrons. The Morgan fingerprint density at radius 1 is 1.12 bits per heavy atom. The molecule has 0 aliphatic heterocycles. The van der Waals surface area contributed by atoms with E-state index in [1.54, 1.807) is 26.1 Å². The molecule has 6 nitrogen and oxygen atoms in total. The van der Waals surface area contributed by atoms with Crippen molar-refractivity contribution in [3.05, 3.63) is 35.4 Å². The maximum absolute atomic E-state index is 12.6. The lowest BCUT2D eigenvalue weighted by Crippen LogP contribution is -2.51. The third-order valence-electron chi connectivity index (χ3n) is 3.88. The fourth-order valence-electron chi connectivity index (χ4n) is 2.26. The minimum atomic E-state index is -0.959. The highest BCUT2D eigenvalue weighted by Gasteiger charge is 2.28. The number of carboxylic acid groups (broad SMARTS) is 1. The fourth-order valence-corrected chi connectivity index (χ4v) is 2.26. The van der Waals surface area contributed by atoms with Gasteiger partial charge >= 0.3 is 5.97 Å².